The number of hydrogen-bond acceptors (Lipinski definition) is 6. The highest BCUT2D eigenvalue weighted by molar-refractivity contribution is 7.61. The average molecular weight is 216 g/mol. The van der Waals surface area contributed by atoms with Gasteiger partial charge in [-0.1, -0.05) is 0 Å². The number of aliphatic hydroxyl groups excluding tert-OH is 4. The van der Waals surface area contributed by atoms with Crippen LogP contribution in [0.5, 0.6) is 0 Å². The zero-order valence-corrected chi connectivity index (χ0v) is 7.68. The van der Waals surface area contributed by atoms with Gasteiger partial charge in [-0.25, -0.2) is 0 Å². The maximum Gasteiger partial charge on any atom is 0.132 e. The summed E-state index contributed by atoms with van der Waals surface area (Å²) >= 11 is 0. The first-order chi connectivity index (χ1) is 5.46. The smallest absolute Gasteiger partial charge is 0.132 e. The van der Waals surface area contributed by atoms with Crippen molar-refractivity contribution in [2.45, 2.75) is 23.4 Å². The summed E-state index contributed by atoms with van der Waals surface area (Å²) in [6.07, 6.45) is 0. The van der Waals surface area contributed by atoms with Crippen LogP contribution in [0.3, 0.4) is 0 Å². The first-order valence-electron chi connectivity index (χ1n) is 3.13. The summed E-state index contributed by atoms with van der Waals surface area (Å²) in [7, 11) is -4.50. The van der Waals surface area contributed by atoms with E-state index in [4.69, 9.17) is 30.2 Å². The summed E-state index contributed by atoms with van der Waals surface area (Å²) < 4.78 is 0. The van der Waals surface area contributed by atoms with Crippen LogP contribution in [0.1, 0.15) is 0 Å². The lowest BCUT2D eigenvalue weighted by Crippen LogP contribution is -2.40. The van der Waals surface area contributed by atoms with Gasteiger partial charge in [0.2, 0.25) is 0 Å². The van der Waals surface area contributed by atoms with E-state index in [0.29, 0.717) is 0 Å². The molecule has 1 rings (SSSR count). The largest absolute Gasteiger partial charge is 0.383 e. The van der Waals surface area contributed by atoms with Crippen molar-refractivity contribution in [3.05, 3.63) is 0 Å². The third-order valence-electron chi connectivity index (χ3n) is 1.62. The molecule has 8 heteroatoms. The fourth-order valence-electron chi connectivity index (χ4n) is 0.859. The molecular weight excluding hydrogens is 206 g/mol. The van der Waals surface area contributed by atoms with Gasteiger partial charge in [-0.3, -0.25) is 0 Å². The average Bonchev–Trinajstić information content (AvgIpc) is 2.08. The van der Waals surface area contributed by atoms with Crippen LogP contribution in [-0.4, -0.2) is 53.6 Å². The highest BCUT2D eigenvalue weighted by atomic mass is 31.2. The molecule has 0 spiro atoms. The summed E-state index contributed by atoms with van der Waals surface area (Å²) in [5.74, 6) is -6.19. The molecule has 0 unspecified atom stereocenters. The van der Waals surface area contributed by atoms with Gasteiger partial charge < -0.3 is 30.2 Å². The Morgan fingerprint density at radius 1 is 0.583 bits per heavy atom. The summed E-state index contributed by atoms with van der Waals surface area (Å²) in [6, 6.07) is 0. The molecule has 1 aliphatic rings. The van der Waals surface area contributed by atoms with Crippen LogP contribution in [0.25, 0.3) is 0 Å². The van der Waals surface area contributed by atoms with Gasteiger partial charge in [0.05, 0.1) is 16.3 Å². The van der Waals surface area contributed by atoms with Gasteiger partial charge in [-0.05, 0) is 0 Å². The van der Waals surface area contributed by atoms with Gasteiger partial charge in [0.15, 0.2) is 0 Å². The van der Waals surface area contributed by atoms with E-state index >= 15 is 0 Å². The van der Waals surface area contributed by atoms with Gasteiger partial charge in [-0.2, -0.15) is 0 Å². The molecule has 0 aromatic rings. The van der Waals surface area contributed by atoms with Crippen molar-refractivity contribution in [3.63, 3.8) is 0 Å². The maximum atomic E-state index is 9.05. The molecule has 0 saturated carbocycles. The minimum absolute atomic E-state index is 1.55. The van der Waals surface area contributed by atoms with Crippen LogP contribution in [0, 0.1) is 0 Å². The molecule has 12 heavy (non-hydrogen) atoms. The van der Waals surface area contributed by atoms with Crippen LogP contribution in [0.2, 0.25) is 0 Å². The SMILES string of the molecule is O[C@@H]1[C@@H](O)[P@](O)[C@@H](O)[C@H](O)[P@]1O. The van der Waals surface area contributed by atoms with Crippen molar-refractivity contribution in [1.29, 1.82) is 0 Å². The molecule has 1 fully saturated rings. The van der Waals surface area contributed by atoms with E-state index < -0.39 is 39.7 Å². The normalized spacial score (nSPS) is 55.5. The van der Waals surface area contributed by atoms with Crippen molar-refractivity contribution >= 4 is 16.3 Å². The maximum absolute atomic E-state index is 9.05. The molecule has 1 aliphatic heterocycles. The molecule has 1 heterocycles. The minimum atomic E-state index is -2.25. The Kier molecular flexibility index (Phi) is 3.37. The Morgan fingerprint density at radius 3 is 0.917 bits per heavy atom. The predicted octanol–water partition coefficient (Wildman–Crippen LogP) is -1.95. The van der Waals surface area contributed by atoms with Crippen molar-refractivity contribution in [2.75, 3.05) is 0 Å². The fraction of sp³-hybridized carbons (Fsp3) is 1.00. The van der Waals surface area contributed by atoms with Gasteiger partial charge in [-0.15, -0.1) is 0 Å². The highest BCUT2D eigenvalue weighted by Crippen LogP contribution is 2.60. The summed E-state index contributed by atoms with van der Waals surface area (Å²) in [5, 5.41) is 36.1. The molecule has 0 bridgehead atoms. The second-order valence-corrected chi connectivity index (χ2v) is 6.05. The fourth-order valence-corrected chi connectivity index (χ4v) is 4.22. The first kappa shape index (κ1) is 10.7. The van der Waals surface area contributed by atoms with E-state index in [2.05, 4.69) is 0 Å². The van der Waals surface area contributed by atoms with Gasteiger partial charge >= 0.3 is 0 Å². The quantitative estimate of drug-likeness (QED) is 0.262. The minimum Gasteiger partial charge on any atom is -0.383 e. The van der Waals surface area contributed by atoms with Crippen molar-refractivity contribution in [2.24, 2.45) is 0 Å². The molecule has 0 aromatic carbocycles. The monoisotopic (exact) mass is 216 g/mol. The Bertz CT molecular complexity index is 109. The molecule has 0 amide bonds. The topological polar surface area (TPSA) is 121 Å². The Balaban J connectivity index is 2.76. The van der Waals surface area contributed by atoms with E-state index in [1.807, 2.05) is 0 Å². The molecule has 72 valence electrons. The van der Waals surface area contributed by atoms with E-state index in [0.717, 1.165) is 0 Å². The Labute approximate surface area is 70.8 Å². The third kappa shape index (κ3) is 1.62. The summed E-state index contributed by atoms with van der Waals surface area (Å²) in [4.78, 5) is 18.1. The second kappa shape index (κ2) is 3.78. The molecule has 6 atom stereocenters. The number of aliphatic hydroxyl groups is 4. The van der Waals surface area contributed by atoms with E-state index in [1.165, 1.54) is 0 Å². The van der Waals surface area contributed by atoms with Crippen molar-refractivity contribution in [3.8, 4) is 0 Å². The first-order valence-corrected chi connectivity index (χ1v) is 6.00. The van der Waals surface area contributed by atoms with Crippen LogP contribution in [0.4, 0.5) is 0 Å². The van der Waals surface area contributed by atoms with Gasteiger partial charge in [0.1, 0.15) is 23.4 Å². The standard InChI is InChI=1S/C4H10O6P2/c5-1-2(6)12(10)4(8)3(7)11(1)9/h1-10H/t1-,2-,3+,4+,11-,12+. The van der Waals surface area contributed by atoms with E-state index in [-0.39, 0.29) is 0 Å². The highest BCUT2D eigenvalue weighted by Gasteiger charge is 2.48. The van der Waals surface area contributed by atoms with Gasteiger partial charge in [0.25, 0.3) is 0 Å². The summed E-state index contributed by atoms with van der Waals surface area (Å²) in [6.45, 7) is 0. The lowest BCUT2D eigenvalue weighted by atomic mass is 10.7. The molecule has 0 aliphatic carbocycles. The number of rotatable bonds is 0. The van der Waals surface area contributed by atoms with Crippen LogP contribution in [-0.2, 0) is 0 Å². The van der Waals surface area contributed by atoms with Crippen LogP contribution >= 0.6 is 16.3 Å². The van der Waals surface area contributed by atoms with Crippen LogP contribution < -0.4 is 0 Å². The van der Waals surface area contributed by atoms with Crippen molar-refractivity contribution in [1.82, 2.24) is 0 Å². The predicted molar refractivity (Wildman–Crippen MR) is 42.3 cm³/mol. The molecule has 1 saturated heterocycles. The molecule has 0 aromatic heterocycles. The summed E-state index contributed by atoms with van der Waals surface area (Å²) in [5.41, 5.74) is 0. The van der Waals surface area contributed by atoms with E-state index in [9.17, 15) is 0 Å². The van der Waals surface area contributed by atoms with Crippen molar-refractivity contribution < 1.29 is 30.2 Å². The molecule has 6 N–H and O–H groups in total. The Morgan fingerprint density at radius 2 is 0.750 bits per heavy atom. The molecular formula is C4H10O6P2. The lowest BCUT2D eigenvalue weighted by molar-refractivity contribution is 0.0611. The zero-order chi connectivity index (χ0) is 9.46. The molecule has 0 radical (unpaired) electrons. The number of hydrogen-bond donors (Lipinski definition) is 6. The van der Waals surface area contributed by atoms with Crippen LogP contribution in [0.15, 0.2) is 0 Å². The Hall–Kier alpha value is 0.620. The van der Waals surface area contributed by atoms with Gasteiger partial charge in [0, 0.05) is 0 Å². The zero-order valence-electron chi connectivity index (χ0n) is 5.89. The second-order valence-electron chi connectivity index (χ2n) is 2.41. The third-order valence-corrected chi connectivity index (χ3v) is 5.39. The lowest BCUT2D eigenvalue weighted by Gasteiger charge is -2.38. The van der Waals surface area contributed by atoms with E-state index in [1.54, 1.807) is 0 Å². The molecule has 6 nitrogen and oxygen atoms in total.